The van der Waals surface area contributed by atoms with E-state index in [1.54, 1.807) is 11.8 Å². The number of rotatable bonds is 7. The molecular formula is C20H32N3O3+. The lowest BCUT2D eigenvalue weighted by Crippen LogP contribution is -2.88. The first-order chi connectivity index (χ1) is 12.5. The van der Waals surface area contributed by atoms with Gasteiger partial charge in [0.05, 0.1) is 6.61 Å². The first kappa shape index (κ1) is 20.2. The smallest absolute Gasteiger partial charge is 0.409 e. The van der Waals surface area contributed by atoms with Crippen molar-refractivity contribution >= 4 is 12.0 Å². The van der Waals surface area contributed by atoms with Crippen molar-refractivity contribution in [2.75, 3.05) is 26.2 Å². The van der Waals surface area contributed by atoms with E-state index in [0.717, 1.165) is 12.8 Å². The zero-order valence-corrected chi connectivity index (χ0v) is 16.1. The highest BCUT2D eigenvalue weighted by Crippen LogP contribution is 2.16. The van der Waals surface area contributed by atoms with Crippen molar-refractivity contribution in [3.8, 4) is 0 Å². The maximum absolute atomic E-state index is 12.3. The van der Waals surface area contributed by atoms with E-state index in [1.165, 1.54) is 5.56 Å². The lowest BCUT2D eigenvalue weighted by atomic mass is 9.96. The fourth-order valence-corrected chi connectivity index (χ4v) is 3.41. The van der Waals surface area contributed by atoms with Crippen LogP contribution in [-0.4, -0.2) is 49.2 Å². The third kappa shape index (κ3) is 6.02. The van der Waals surface area contributed by atoms with E-state index in [0.29, 0.717) is 32.2 Å². The molecule has 1 fully saturated rings. The van der Waals surface area contributed by atoms with Crippen LogP contribution in [0.25, 0.3) is 0 Å². The van der Waals surface area contributed by atoms with Crippen molar-refractivity contribution in [3.05, 3.63) is 35.9 Å². The molecule has 1 aromatic rings. The van der Waals surface area contributed by atoms with E-state index >= 15 is 0 Å². The molecule has 6 heteroatoms. The summed E-state index contributed by atoms with van der Waals surface area (Å²) in [6.45, 7) is 8.23. The molecule has 1 atom stereocenters. The highest BCUT2D eigenvalue weighted by atomic mass is 16.6. The van der Waals surface area contributed by atoms with Crippen molar-refractivity contribution in [1.82, 2.24) is 10.2 Å². The van der Waals surface area contributed by atoms with Crippen molar-refractivity contribution in [1.29, 1.82) is 0 Å². The highest BCUT2D eigenvalue weighted by Gasteiger charge is 2.26. The van der Waals surface area contributed by atoms with E-state index in [4.69, 9.17) is 4.74 Å². The molecule has 1 heterocycles. The minimum absolute atomic E-state index is 0.0566. The molecular weight excluding hydrogens is 330 g/mol. The van der Waals surface area contributed by atoms with Crippen LogP contribution in [0.1, 0.15) is 45.2 Å². The first-order valence-electron chi connectivity index (χ1n) is 9.60. The molecule has 2 rings (SSSR count). The summed E-state index contributed by atoms with van der Waals surface area (Å²) in [6.07, 6.45) is 1.29. The summed E-state index contributed by atoms with van der Waals surface area (Å²) in [5, 5.41) is 5.22. The van der Waals surface area contributed by atoms with Crippen LogP contribution in [0.5, 0.6) is 0 Å². The van der Waals surface area contributed by atoms with Gasteiger partial charge < -0.3 is 20.3 Å². The van der Waals surface area contributed by atoms with E-state index in [9.17, 15) is 9.59 Å². The Morgan fingerprint density at radius 1 is 1.23 bits per heavy atom. The molecule has 1 saturated heterocycles. The van der Waals surface area contributed by atoms with E-state index < -0.39 is 0 Å². The van der Waals surface area contributed by atoms with Crippen molar-refractivity contribution in [3.63, 3.8) is 0 Å². The van der Waals surface area contributed by atoms with Crippen LogP contribution in [-0.2, 0) is 9.53 Å². The highest BCUT2D eigenvalue weighted by molar-refractivity contribution is 5.77. The van der Waals surface area contributed by atoms with Crippen molar-refractivity contribution in [2.24, 2.45) is 5.92 Å². The van der Waals surface area contributed by atoms with Crippen molar-refractivity contribution < 1.29 is 19.6 Å². The fraction of sp³-hybridized carbons (Fsp3) is 0.600. The number of ether oxygens (including phenoxy) is 1. The van der Waals surface area contributed by atoms with Gasteiger partial charge in [-0.2, -0.15) is 0 Å². The number of benzene rings is 1. The van der Waals surface area contributed by atoms with Gasteiger partial charge in [0.2, 0.25) is 0 Å². The summed E-state index contributed by atoms with van der Waals surface area (Å²) in [6, 6.07) is 10.7. The lowest BCUT2D eigenvalue weighted by Gasteiger charge is -2.31. The second kappa shape index (κ2) is 10.2. The van der Waals surface area contributed by atoms with Gasteiger partial charge in [-0.1, -0.05) is 44.2 Å². The lowest BCUT2D eigenvalue weighted by molar-refractivity contribution is -0.692. The topological polar surface area (TPSA) is 75.2 Å². The Balaban J connectivity index is 1.76. The van der Waals surface area contributed by atoms with Gasteiger partial charge in [0.25, 0.3) is 5.91 Å². The second-order valence-corrected chi connectivity index (χ2v) is 7.15. The van der Waals surface area contributed by atoms with Crippen LogP contribution in [0.2, 0.25) is 0 Å². The van der Waals surface area contributed by atoms with Crippen LogP contribution in [0.4, 0.5) is 4.79 Å². The number of nitrogens with zero attached hydrogens (tertiary/aromatic N) is 1. The first-order valence-corrected chi connectivity index (χ1v) is 9.60. The second-order valence-electron chi connectivity index (χ2n) is 7.15. The van der Waals surface area contributed by atoms with Gasteiger partial charge in [0.1, 0.15) is 6.04 Å². The maximum atomic E-state index is 12.3. The Bertz CT molecular complexity index is 569. The number of hydrogen-bond donors (Lipinski definition) is 2. The molecule has 144 valence electrons. The van der Waals surface area contributed by atoms with Gasteiger partial charge in [0, 0.05) is 30.6 Å². The number of likely N-dealkylation sites (tertiary alicyclic amines) is 1. The predicted molar refractivity (Wildman–Crippen MR) is 101 cm³/mol. The molecule has 0 unspecified atom stereocenters. The van der Waals surface area contributed by atoms with Crippen LogP contribution >= 0.6 is 0 Å². The van der Waals surface area contributed by atoms with E-state index in [1.807, 2.05) is 18.2 Å². The Labute approximate surface area is 156 Å². The summed E-state index contributed by atoms with van der Waals surface area (Å²) >= 11 is 0. The van der Waals surface area contributed by atoms with Gasteiger partial charge in [-0.3, -0.25) is 4.79 Å². The number of hydrogen-bond acceptors (Lipinski definition) is 3. The Morgan fingerprint density at radius 2 is 1.88 bits per heavy atom. The summed E-state index contributed by atoms with van der Waals surface area (Å²) in [7, 11) is 0. The molecule has 2 amide bonds. The van der Waals surface area contributed by atoms with Crippen molar-refractivity contribution in [2.45, 2.75) is 45.7 Å². The van der Waals surface area contributed by atoms with E-state index in [-0.39, 0.29) is 24.1 Å². The number of nitrogens with one attached hydrogen (secondary N) is 1. The normalized spacial score (nSPS) is 16.4. The Hall–Kier alpha value is -2.08. The maximum Gasteiger partial charge on any atom is 0.409 e. The molecule has 0 bridgehead atoms. The summed E-state index contributed by atoms with van der Waals surface area (Å²) in [4.78, 5) is 25.8. The standard InChI is InChI=1S/C20H31N3O3/c1-4-26-20(25)23-12-10-17(11-13-23)22-18(24)14-21-19(15(2)3)16-8-6-5-7-9-16/h5-9,15,17,19,21H,4,10-14H2,1-3H3,(H,22,24)/p+1/t19-/m0/s1. The number of piperidine rings is 1. The molecule has 0 radical (unpaired) electrons. The number of carbonyl (C=O) groups excluding carboxylic acids is 2. The Morgan fingerprint density at radius 3 is 2.46 bits per heavy atom. The molecule has 1 aliphatic heterocycles. The molecule has 0 aromatic heterocycles. The largest absolute Gasteiger partial charge is 0.450 e. The quantitative estimate of drug-likeness (QED) is 0.775. The monoisotopic (exact) mass is 362 g/mol. The van der Waals surface area contributed by atoms with Gasteiger partial charge in [-0.25, -0.2) is 4.79 Å². The third-order valence-electron chi connectivity index (χ3n) is 4.85. The van der Waals surface area contributed by atoms with Gasteiger partial charge in [0.15, 0.2) is 6.54 Å². The molecule has 0 saturated carbocycles. The molecule has 3 N–H and O–H groups in total. The van der Waals surface area contributed by atoms with Crippen LogP contribution in [0.3, 0.4) is 0 Å². The minimum Gasteiger partial charge on any atom is -0.450 e. The van der Waals surface area contributed by atoms with Gasteiger partial charge in [-0.05, 0) is 19.8 Å². The zero-order valence-electron chi connectivity index (χ0n) is 16.1. The minimum atomic E-state index is -0.256. The molecule has 0 aliphatic carbocycles. The molecule has 0 spiro atoms. The van der Waals surface area contributed by atoms with Crippen LogP contribution in [0, 0.1) is 5.92 Å². The van der Waals surface area contributed by atoms with E-state index in [2.05, 4.69) is 36.6 Å². The Kier molecular flexibility index (Phi) is 7.91. The van der Waals surface area contributed by atoms with Crippen LogP contribution < -0.4 is 10.6 Å². The predicted octanol–water partition coefficient (Wildman–Crippen LogP) is 1.68. The van der Waals surface area contributed by atoms with Gasteiger partial charge >= 0.3 is 6.09 Å². The summed E-state index contributed by atoms with van der Waals surface area (Å²) < 4.78 is 5.02. The molecule has 1 aliphatic rings. The molecule has 1 aromatic carbocycles. The average molecular weight is 362 g/mol. The number of carbonyl (C=O) groups is 2. The van der Waals surface area contributed by atoms with Gasteiger partial charge in [-0.15, -0.1) is 0 Å². The van der Waals surface area contributed by atoms with Crippen LogP contribution in [0.15, 0.2) is 30.3 Å². The molecule has 6 nitrogen and oxygen atoms in total. The zero-order chi connectivity index (χ0) is 18.9. The number of quaternary nitrogens is 1. The number of amides is 2. The fourth-order valence-electron chi connectivity index (χ4n) is 3.41. The SMILES string of the molecule is CCOC(=O)N1CCC(NC(=O)C[NH2+][C@H](c2ccccc2)C(C)C)CC1. The molecule has 26 heavy (non-hydrogen) atoms. The average Bonchev–Trinajstić information content (AvgIpc) is 2.63. The number of nitrogens with two attached hydrogens (primary N) is 1. The third-order valence-corrected chi connectivity index (χ3v) is 4.85. The summed E-state index contributed by atoms with van der Waals surface area (Å²) in [5.41, 5.74) is 1.25. The summed E-state index contributed by atoms with van der Waals surface area (Å²) in [5.74, 6) is 0.499.